The monoisotopic (exact) mass is 353 g/mol. The third-order valence-corrected chi connectivity index (χ3v) is 5.08. The number of nitrogens with one attached hydrogen (secondary N) is 1. The summed E-state index contributed by atoms with van der Waals surface area (Å²) >= 11 is 1.45. The second-order valence-electron chi connectivity index (χ2n) is 6.27. The quantitative estimate of drug-likeness (QED) is 0.676. The minimum absolute atomic E-state index is 0.0983. The molecule has 3 rings (SSSR count). The average molecular weight is 353 g/mol. The Morgan fingerprint density at radius 2 is 1.88 bits per heavy atom. The van der Waals surface area contributed by atoms with Crippen molar-refractivity contribution >= 4 is 28.7 Å². The number of aryl methyl sites for hydroxylation is 2. The van der Waals surface area contributed by atoms with Crippen LogP contribution in [0.15, 0.2) is 47.6 Å². The van der Waals surface area contributed by atoms with Gasteiger partial charge in [-0.2, -0.15) is 0 Å². The van der Waals surface area contributed by atoms with E-state index in [-0.39, 0.29) is 5.91 Å². The fraction of sp³-hybridized carbons (Fsp3) is 0.300. The summed E-state index contributed by atoms with van der Waals surface area (Å²) in [6.07, 6.45) is 1.03. The molecule has 0 aliphatic carbocycles. The van der Waals surface area contributed by atoms with Crippen molar-refractivity contribution < 1.29 is 4.79 Å². The van der Waals surface area contributed by atoms with Gasteiger partial charge in [0.15, 0.2) is 5.16 Å². The van der Waals surface area contributed by atoms with Gasteiger partial charge in [-0.25, -0.2) is 4.98 Å². The number of thioether (sulfide) groups is 1. The van der Waals surface area contributed by atoms with E-state index in [1.54, 1.807) is 4.90 Å². The summed E-state index contributed by atoms with van der Waals surface area (Å²) in [6, 6.07) is 14.5. The van der Waals surface area contributed by atoms with Crippen LogP contribution in [-0.2, 0) is 17.8 Å². The minimum Gasteiger partial charge on any atom is -0.341 e. The Kier molecular flexibility index (Phi) is 5.43. The summed E-state index contributed by atoms with van der Waals surface area (Å²) in [7, 11) is 1.85. The van der Waals surface area contributed by atoms with Gasteiger partial charge in [0.1, 0.15) is 0 Å². The number of carbonyl (C=O) groups excluding carboxylic acids is 1. The molecular formula is C20H23N3OS. The van der Waals surface area contributed by atoms with Gasteiger partial charge in [0.2, 0.25) is 5.91 Å². The zero-order chi connectivity index (χ0) is 17.8. The Morgan fingerprint density at radius 1 is 1.16 bits per heavy atom. The van der Waals surface area contributed by atoms with Crippen LogP contribution >= 0.6 is 11.8 Å². The van der Waals surface area contributed by atoms with E-state index in [1.807, 2.05) is 19.2 Å². The molecule has 0 fully saturated rings. The normalized spacial score (nSPS) is 11.0. The Bertz CT molecular complexity index is 870. The Balaban J connectivity index is 1.56. The highest BCUT2D eigenvalue weighted by molar-refractivity contribution is 7.99. The lowest BCUT2D eigenvalue weighted by atomic mass is 10.1. The Morgan fingerprint density at radius 3 is 2.60 bits per heavy atom. The number of amides is 1. The fourth-order valence-electron chi connectivity index (χ4n) is 2.65. The van der Waals surface area contributed by atoms with Crippen LogP contribution in [0.1, 0.15) is 23.6 Å². The van der Waals surface area contributed by atoms with Crippen LogP contribution in [0, 0.1) is 6.92 Å². The Labute approximate surface area is 152 Å². The molecule has 1 N–H and O–H groups in total. The highest BCUT2D eigenvalue weighted by Crippen LogP contribution is 2.20. The molecule has 25 heavy (non-hydrogen) atoms. The van der Waals surface area contributed by atoms with Gasteiger partial charge in [-0.05, 0) is 42.2 Å². The van der Waals surface area contributed by atoms with Crippen LogP contribution < -0.4 is 0 Å². The molecule has 0 saturated carbocycles. The highest BCUT2D eigenvalue weighted by atomic mass is 32.2. The SMILES string of the molecule is CCc1ccc(CN(C)C(=O)CSc2nc3ccc(C)cc3[nH]2)cc1. The van der Waals surface area contributed by atoms with Crippen molar-refractivity contribution in [3.05, 3.63) is 59.2 Å². The van der Waals surface area contributed by atoms with Gasteiger partial charge in [0.25, 0.3) is 0 Å². The summed E-state index contributed by atoms with van der Waals surface area (Å²) in [5.74, 6) is 0.476. The van der Waals surface area contributed by atoms with E-state index in [0.29, 0.717) is 12.3 Å². The van der Waals surface area contributed by atoms with Gasteiger partial charge < -0.3 is 9.88 Å². The predicted octanol–water partition coefficient (Wildman–Crippen LogP) is 4.18. The molecule has 0 unspecified atom stereocenters. The molecule has 1 aromatic heterocycles. The first kappa shape index (κ1) is 17.5. The van der Waals surface area contributed by atoms with Gasteiger partial charge in [0, 0.05) is 13.6 Å². The van der Waals surface area contributed by atoms with Crippen LogP contribution in [0.3, 0.4) is 0 Å². The van der Waals surface area contributed by atoms with Crippen molar-refractivity contribution in [2.75, 3.05) is 12.8 Å². The molecule has 0 aliphatic rings. The third-order valence-electron chi connectivity index (χ3n) is 4.22. The molecule has 0 atom stereocenters. The average Bonchev–Trinajstić information content (AvgIpc) is 3.02. The zero-order valence-electron chi connectivity index (χ0n) is 14.9. The maximum absolute atomic E-state index is 12.4. The number of nitrogens with zero attached hydrogens (tertiary/aromatic N) is 2. The van der Waals surface area contributed by atoms with Crippen LogP contribution in [0.4, 0.5) is 0 Å². The van der Waals surface area contributed by atoms with Crippen molar-refractivity contribution in [3.8, 4) is 0 Å². The molecule has 3 aromatic rings. The zero-order valence-corrected chi connectivity index (χ0v) is 15.7. The molecule has 1 amide bonds. The van der Waals surface area contributed by atoms with E-state index in [0.717, 1.165) is 28.2 Å². The number of hydrogen-bond acceptors (Lipinski definition) is 3. The number of rotatable bonds is 6. The standard InChI is InChI=1S/C20H23N3OS/c1-4-15-6-8-16(9-7-15)12-23(3)19(24)13-25-20-21-17-10-5-14(2)11-18(17)22-20/h5-11H,4,12-13H2,1-3H3,(H,21,22). The van der Waals surface area contributed by atoms with E-state index in [9.17, 15) is 4.79 Å². The summed E-state index contributed by atoms with van der Waals surface area (Å²) in [6.45, 7) is 4.82. The van der Waals surface area contributed by atoms with Crippen molar-refractivity contribution in [3.63, 3.8) is 0 Å². The number of H-pyrrole nitrogens is 1. The van der Waals surface area contributed by atoms with Crippen LogP contribution in [-0.4, -0.2) is 33.6 Å². The van der Waals surface area contributed by atoms with Crippen molar-refractivity contribution in [2.45, 2.75) is 32.0 Å². The molecule has 1 heterocycles. The van der Waals surface area contributed by atoms with Crippen molar-refractivity contribution in [1.82, 2.24) is 14.9 Å². The number of aromatic nitrogens is 2. The van der Waals surface area contributed by atoms with Crippen molar-refractivity contribution in [1.29, 1.82) is 0 Å². The van der Waals surface area contributed by atoms with Gasteiger partial charge in [-0.3, -0.25) is 4.79 Å². The number of aromatic amines is 1. The summed E-state index contributed by atoms with van der Waals surface area (Å²) in [5, 5.41) is 0.787. The first-order valence-electron chi connectivity index (χ1n) is 8.46. The molecule has 5 heteroatoms. The third kappa shape index (κ3) is 4.42. The van der Waals surface area contributed by atoms with Gasteiger partial charge >= 0.3 is 0 Å². The lowest BCUT2D eigenvalue weighted by Crippen LogP contribution is -2.27. The van der Waals surface area contributed by atoms with Crippen LogP contribution in [0.25, 0.3) is 11.0 Å². The molecule has 0 radical (unpaired) electrons. The predicted molar refractivity (Wildman–Crippen MR) is 104 cm³/mol. The van der Waals surface area contributed by atoms with E-state index >= 15 is 0 Å². The summed E-state index contributed by atoms with van der Waals surface area (Å²) in [4.78, 5) is 21.9. The maximum Gasteiger partial charge on any atom is 0.233 e. The minimum atomic E-state index is 0.0983. The topological polar surface area (TPSA) is 49.0 Å². The van der Waals surface area contributed by atoms with E-state index in [2.05, 4.69) is 54.1 Å². The molecule has 0 saturated heterocycles. The summed E-state index contributed by atoms with van der Waals surface area (Å²) in [5.41, 5.74) is 5.60. The van der Waals surface area contributed by atoms with E-state index in [1.165, 1.54) is 22.9 Å². The van der Waals surface area contributed by atoms with E-state index in [4.69, 9.17) is 0 Å². The van der Waals surface area contributed by atoms with Gasteiger partial charge in [-0.15, -0.1) is 0 Å². The number of fused-ring (bicyclic) bond motifs is 1. The lowest BCUT2D eigenvalue weighted by molar-refractivity contribution is -0.127. The smallest absolute Gasteiger partial charge is 0.233 e. The lowest BCUT2D eigenvalue weighted by Gasteiger charge is -2.17. The molecule has 0 spiro atoms. The first-order valence-corrected chi connectivity index (χ1v) is 9.44. The summed E-state index contributed by atoms with van der Waals surface area (Å²) < 4.78 is 0. The molecule has 0 bridgehead atoms. The number of benzene rings is 2. The second-order valence-corrected chi connectivity index (χ2v) is 7.24. The van der Waals surface area contributed by atoms with Crippen LogP contribution in [0.2, 0.25) is 0 Å². The second kappa shape index (κ2) is 7.74. The van der Waals surface area contributed by atoms with E-state index < -0.39 is 0 Å². The van der Waals surface area contributed by atoms with Gasteiger partial charge in [0.05, 0.1) is 16.8 Å². The highest BCUT2D eigenvalue weighted by Gasteiger charge is 2.12. The molecular weight excluding hydrogens is 330 g/mol. The maximum atomic E-state index is 12.4. The number of carbonyl (C=O) groups is 1. The first-order chi connectivity index (χ1) is 12.0. The van der Waals surface area contributed by atoms with Crippen LogP contribution in [0.5, 0.6) is 0 Å². The molecule has 130 valence electrons. The molecule has 4 nitrogen and oxygen atoms in total. The molecule has 2 aromatic carbocycles. The molecule has 0 aliphatic heterocycles. The van der Waals surface area contributed by atoms with Crippen molar-refractivity contribution in [2.24, 2.45) is 0 Å². The van der Waals surface area contributed by atoms with Gasteiger partial charge in [-0.1, -0.05) is 49.0 Å². The fourth-order valence-corrected chi connectivity index (χ4v) is 3.48. The Hall–Kier alpha value is -2.27. The number of hydrogen-bond donors (Lipinski definition) is 1. The number of imidazole rings is 1. The largest absolute Gasteiger partial charge is 0.341 e.